The van der Waals surface area contributed by atoms with Crippen molar-refractivity contribution in [2.24, 2.45) is 17.8 Å². The highest BCUT2D eigenvalue weighted by Crippen LogP contribution is 2.38. The van der Waals surface area contributed by atoms with Gasteiger partial charge in [-0.3, -0.25) is 4.79 Å². The second-order valence-electron chi connectivity index (χ2n) is 11.0. The summed E-state index contributed by atoms with van der Waals surface area (Å²) in [5, 5.41) is 0. The number of carbonyl (C=O) groups excluding carboxylic acids is 1. The molecule has 1 aromatic carbocycles. The highest BCUT2D eigenvalue weighted by Gasteiger charge is 2.22. The zero-order valence-corrected chi connectivity index (χ0v) is 23.9. The minimum Gasteiger partial charge on any atom is -0.496 e. The Kier molecular flexibility index (Phi) is 13.6. The Balaban J connectivity index is 2.57. The highest BCUT2D eigenvalue weighted by atomic mass is 16.5. The van der Waals surface area contributed by atoms with Gasteiger partial charge in [-0.1, -0.05) is 78.2 Å². The molecule has 0 fully saturated rings. The molecule has 2 atom stereocenters. The second-order valence-corrected chi connectivity index (χ2v) is 11.0. The summed E-state index contributed by atoms with van der Waals surface area (Å²) in [4.78, 5) is 13.2. The summed E-state index contributed by atoms with van der Waals surface area (Å²) >= 11 is 0. The van der Waals surface area contributed by atoms with Crippen molar-refractivity contribution in [3.63, 3.8) is 0 Å². The van der Waals surface area contributed by atoms with Gasteiger partial charge in [0.15, 0.2) is 5.78 Å². The molecule has 0 aliphatic heterocycles. The molecule has 0 heterocycles. The maximum atomic E-state index is 13.2. The summed E-state index contributed by atoms with van der Waals surface area (Å²) in [6.07, 6.45) is 13.2. The van der Waals surface area contributed by atoms with Crippen molar-refractivity contribution in [3.8, 4) is 11.5 Å². The van der Waals surface area contributed by atoms with Gasteiger partial charge in [0.25, 0.3) is 0 Å². The maximum Gasteiger partial charge on any atom is 0.189 e. The lowest BCUT2D eigenvalue weighted by Crippen LogP contribution is -2.08. The van der Waals surface area contributed by atoms with E-state index in [2.05, 4.69) is 34.6 Å². The van der Waals surface area contributed by atoms with Crippen molar-refractivity contribution in [2.45, 2.75) is 113 Å². The molecular formula is C31H52O3. The fourth-order valence-electron chi connectivity index (χ4n) is 5.03. The molecule has 0 spiro atoms. The molecule has 1 aromatic rings. The first-order valence-electron chi connectivity index (χ1n) is 13.5. The second kappa shape index (κ2) is 15.3. The van der Waals surface area contributed by atoms with Crippen LogP contribution in [0.25, 0.3) is 0 Å². The number of carbonyl (C=O) groups is 1. The molecule has 0 aromatic heterocycles. The quantitative estimate of drug-likeness (QED) is 0.178. The lowest BCUT2D eigenvalue weighted by atomic mass is 9.91. The molecule has 0 amide bonds. The molecular weight excluding hydrogens is 420 g/mol. The maximum absolute atomic E-state index is 13.2. The molecule has 0 N–H and O–H groups in total. The van der Waals surface area contributed by atoms with Gasteiger partial charge in [-0.25, -0.2) is 0 Å². The van der Waals surface area contributed by atoms with Crippen LogP contribution in [0.1, 0.15) is 119 Å². The third-order valence-corrected chi connectivity index (χ3v) is 7.36. The Labute approximate surface area is 210 Å². The minimum absolute atomic E-state index is 0.00718. The molecule has 0 unspecified atom stereocenters. The molecule has 1 rings (SSSR count). The van der Waals surface area contributed by atoms with E-state index in [9.17, 15) is 4.79 Å². The molecule has 0 aliphatic rings. The Morgan fingerprint density at radius 1 is 0.735 bits per heavy atom. The van der Waals surface area contributed by atoms with Crippen LogP contribution in [0.3, 0.4) is 0 Å². The summed E-state index contributed by atoms with van der Waals surface area (Å²) < 4.78 is 11.2. The van der Waals surface area contributed by atoms with Crippen molar-refractivity contribution >= 4 is 5.78 Å². The Morgan fingerprint density at radius 3 is 1.71 bits per heavy atom. The predicted molar refractivity (Wildman–Crippen MR) is 147 cm³/mol. The summed E-state index contributed by atoms with van der Waals surface area (Å²) in [5.74, 6) is 3.87. The van der Waals surface area contributed by atoms with Crippen LogP contribution in [0.4, 0.5) is 0 Å². The Morgan fingerprint density at radius 2 is 1.21 bits per heavy atom. The van der Waals surface area contributed by atoms with Crippen LogP contribution in [-0.4, -0.2) is 20.0 Å². The van der Waals surface area contributed by atoms with Crippen LogP contribution in [0.5, 0.6) is 11.5 Å². The predicted octanol–water partition coefficient (Wildman–Crippen LogP) is 9.20. The smallest absolute Gasteiger partial charge is 0.189 e. The van der Waals surface area contributed by atoms with Gasteiger partial charge in [0.2, 0.25) is 0 Å². The molecule has 0 bridgehead atoms. The van der Waals surface area contributed by atoms with E-state index in [0.29, 0.717) is 11.3 Å². The fraction of sp³-hybridized carbons (Fsp3) is 0.710. The van der Waals surface area contributed by atoms with Crippen molar-refractivity contribution in [1.82, 2.24) is 0 Å². The average molecular weight is 473 g/mol. The van der Waals surface area contributed by atoms with Gasteiger partial charge >= 0.3 is 0 Å². The number of hydrogen-bond acceptors (Lipinski definition) is 3. The molecule has 0 aliphatic carbocycles. The van der Waals surface area contributed by atoms with Crippen LogP contribution in [0.15, 0.2) is 11.6 Å². The number of ketones is 1. The largest absolute Gasteiger partial charge is 0.496 e. The van der Waals surface area contributed by atoms with Gasteiger partial charge in [-0.2, -0.15) is 0 Å². The number of benzene rings is 1. The first kappa shape index (κ1) is 30.3. The molecule has 0 saturated carbocycles. The summed E-state index contributed by atoms with van der Waals surface area (Å²) in [5.41, 5.74) is 4.59. The number of allylic oxidation sites excluding steroid dienone is 2. The SMILES string of the molecule is COc1c(C)c(C)c(OC)c(C(=O)C=C(C)CCC[C@H](C)CCC[C@H](C)CCCC(C)C)c1C. The van der Waals surface area contributed by atoms with Crippen LogP contribution in [0.2, 0.25) is 0 Å². The number of ether oxygens (including phenoxy) is 2. The molecule has 34 heavy (non-hydrogen) atoms. The Bertz CT molecular complexity index is 804. The van der Waals surface area contributed by atoms with Gasteiger partial charge in [0, 0.05) is 5.56 Å². The number of hydrogen-bond donors (Lipinski definition) is 0. The van der Waals surface area contributed by atoms with Crippen LogP contribution < -0.4 is 9.47 Å². The molecule has 3 heteroatoms. The van der Waals surface area contributed by atoms with Crippen molar-refractivity contribution in [3.05, 3.63) is 33.9 Å². The van der Waals surface area contributed by atoms with Crippen LogP contribution >= 0.6 is 0 Å². The zero-order valence-electron chi connectivity index (χ0n) is 23.9. The lowest BCUT2D eigenvalue weighted by Gasteiger charge is -2.19. The summed E-state index contributed by atoms with van der Waals surface area (Å²) in [6, 6.07) is 0. The van der Waals surface area contributed by atoms with Crippen LogP contribution in [-0.2, 0) is 0 Å². The van der Waals surface area contributed by atoms with Gasteiger partial charge in [0.05, 0.1) is 19.8 Å². The van der Waals surface area contributed by atoms with E-state index in [1.54, 1.807) is 20.3 Å². The molecule has 0 saturated heterocycles. The Hall–Kier alpha value is -1.77. The third kappa shape index (κ3) is 9.47. The average Bonchev–Trinajstić information content (AvgIpc) is 2.76. The van der Waals surface area contributed by atoms with E-state index >= 15 is 0 Å². The normalized spacial score (nSPS) is 13.8. The topological polar surface area (TPSA) is 35.5 Å². The highest BCUT2D eigenvalue weighted by molar-refractivity contribution is 6.09. The van der Waals surface area contributed by atoms with Crippen molar-refractivity contribution < 1.29 is 14.3 Å². The first-order chi connectivity index (χ1) is 16.0. The monoisotopic (exact) mass is 472 g/mol. The van der Waals surface area contributed by atoms with Gasteiger partial charge in [-0.05, 0) is 75.5 Å². The third-order valence-electron chi connectivity index (χ3n) is 7.36. The lowest BCUT2D eigenvalue weighted by molar-refractivity contribution is 0.104. The van der Waals surface area contributed by atoms with Gasteiger partial charge in [-0.15, -0.1) is 0 Å². The first-order valence-corrected chi connectivity index (χ1v) is 13.5. The number of methoxy groups -OCH3 is 2. The number of rotatable bonds is 16. The standard InChI is InChI=1S/C31H52O3/c1-21(2)14-11-15-22(3)16-12-17-23(4)18-13-19-24(5)20-28(32)29-27(8)30(33-9)25(6)26(7)31(29)34-10/h20-23H,11-19H2,1-10H3/t22-,23-/m1/s1. The van der Waals surface area contributed by atoms with Gasteiger partial charge < -0.3 is 9.47 Å². The fourth-order valence-corrected chi connectivity index (χ4v) is 5.03. The zero-order chi connectivity index (χ0) is 25.8. The molecule has 3 nitrogen and oxygen atoms in total. The van der Waals surface area contributed by atoms with Crippen LogP contribution in [0, 0.1) is 38.5 Å². The van der Waals surface area contributed by atoms with E-state index in [1.807, 2.05) is 20.8 Å². The summed E-state index contributed by atoms with van der Waals surface area (Å²) in [7, 11) is 3.29. The van der Waals surface area contributed by atoms with E-state index in [-0.39, 0.29) is 5.78 Å². The van der Waals surface area contributed by atoms with E-state index in [0.717, 1.165) is 58.6 Å². The van der Waals surface area contributed by atoms with Crippen molar-refractivity contribution in [1.29, 1.82) is 0 Å². The molecule has 194 valence electrons. The minimum atomic E-state index is 0.00718. The van der Waals surface area contributed by atoms with E-state index in [1.165, 1.54) is 44.9 Å². The van der Waals surface area contributed by atoms with E-state index in [4.69, 9.17) is 9.47 Å². The molecule has 0 radical (unpaired) electrons. The van der Waals surface area contributed by atoms with Crippen molar-refractivity contribution in [2.75, 3.05) is 14.2 Å². The van der Waals surface area contributed by atoms with Gasteiger partial charge in [0.1, 0.15) is 11.5 Å². The van der Waals surface area contributed by atoms with E-state index < -0.39 is 0 Å². The summed E-state index contributed by atoms with van der Waals surface area (Å²) in [6.45, 7) is 17.4.